The highest BCUT2D eigenvalue weighted by atomic mass is 16.4. The number of aliphatic carboxylic acids is 1. The van der Waals surface area contributed by atoms with Gasteiger partial charge in [0.25, 0.3) is 0 Å². The number of carbonyl (C=O) groups excluding carboxylic acids is 2. The molecular formula is C21H31N7O4. The number of benzene rings is 1. The average Bonchev–Trinajstić information content (AvgIpc) is 3.16. The van der Waals surface area contributed by atoms with Gasteiger partial charge in [0.1, 0.15) is 12.1 Å². The molecule has 174 valence electrons. The van der Waals surface area contributed by atoms with Crippen LogP contribution < -0.4 is 27.8 Å². The number of aliphatic imine (C=N–C) groups is 1. The van der Waals surface area contributed by atoms with E-state index in [1.807, 2.05) is 24.3 Å². The van der Waals surface area contributed by atoms with Crippen LogP contribution in [-0.2, 0) is 20.8 Å². The van der Waals surface area contributed by atoms with Crippen molar-refractivity contribution in [2.45, 2.75) is 44.2 Å². The van der Waals surface area contributed by atoms with Crippen LogP contribution >= 0.6 is 0 Å². The van der Waals surface area contributed by atoms with Gasteiger partial charge >= 0.3 is 5.97 Å². The molecule has 0 spiro atoms. The Kier molecular flexibility index (Phi) is 9.48. The predicted molar refractivity (Wildman–Crippen MR) is 122 cm³/mol. The molecule has 11 heteroatoms. The number of carboxylic acid groups (broad SMARTS) is 1. The van der Waals surface area contributed by atoms with E-state index in [2.05, 4.69) is 20.6 Å². The number of nitrogens with zero attached hydrogens (tertiary/aromatic N) is 1. The summed E-state index contributed by atoms with van der Waals surface area (Å²) in [5, 5.41) is 15.7. The highest BCUT2D eigenvalue weighted by Gasteiger charge is 2.27. The lowest BCUT2D eigenvalue weighted by atomic mass is 10.0. The normalized spacial score (nSPS) is 12.7. The summed E-state index contributed by atoms with van der Waals surface area (Å²) in [5.74, 6) is -2.16. The molecule has 2 aromatic rings. The van der Waals surface area contributed by atoms with E-state index in [1.165, 1.54) is 0 Å². The van der Waals surface area contributed by atoms with E-state index in [1.54, 1.807) is 6.20 Å². The van der Waals surface area contributed by atoms with Gasteiger partial charge in [0.2, 0.25) is 11.8 Å². The molecule has 2 atom stereocenters. The lowest BCUT2D eigenvalue weighted by molar-refractivity contribution is -0.142. The molecule has 0 aliphatic rings. The lowest BCUT2D eigenvalue weighted by Crippen LogP contribution is -2.52. The molecule has 10 N–H and O–H groups in total. The number of carboxylic acids is 1. The zero-order valence-corrected chi connectivity index (χ0v) is 17.8. The Labute approximate surface area is 185 Å². The zero-order valence-electron chi connectivity index (χ0n) is 17.8. The molecule has 0 saturated carbocycles. The van der Waals surface area contributed by atoms with Crippen LogP contribution in [0.25, 0.3) is 10.9 Å². The molecule has 1 aromatic heterocycles. The van der Waals surface area contributed by atoms with Crippen LogP contribution in [0.1, 0.15) is 31.2 Å². The number of carbonyl (C=O) groups is 3. The average molecular weight is 446 g/mol. The van der Waals surface area contributed by atoms with Crippen molar-refractivity contribution in [3.05, 3.63) is 36.0 Å². The van der Waals surface area contributed by atoms with Crippen molar-refractivity contribution in [3.8, 4) is 0 Å². The number of rotatable bonds is 13. The van der Waals surface area contributed by atoms with Gasteiger partial charge in [-0.15, -0.1) is 0 Å². The summed E-state index contributed by atoms with van der Waals surface area (Å²) in [6.07, 6.45) is 3.14. The Balaban J connectivity index is 2.13. The van der Waals surface area contributed by atoms with Gasteiger partial charge in [-0.1, -0.05) is 18.2 Å². The largest absolute Gasteiger partial charge is 0.480 e. The molecule has 1 aromatic carbocycles. The molecular weight excluding hydrogens is 414 g/mol. The third-order valence-electron chi connectivity index (χ3n) is 4.92. The number of guanidine groups is 1. The van der Waals surface area contributed by atoms with E-state index in [0.29, 0.717) is 19.4 Å². The molecule has 1 heterocycles. The maximum Gasteiger partial charge on any atom is 0.326 e. The predicted octanol–water partition coefficient (Wildman–Crippen LogP) is -0.443. The maximum atomic E-state index is 13.0. The number of aromatic amines is 1. The van der Waals surface area contributed by atoms with E-state index in [-0.39, 0.29) is 37.7 Å². The van der Waals surface area contributed by atoms with Gasteiger partial charge in [-0.3, -0.25) is 14.6 Å². The molecule has 0 unspecified atom stereocenters. The van der Waals surface area contributed by atoms with Crippen LogP contribution in [0.4, 0.5) is 0 Å². The van der Waals surface area contributed by atoms with Crippen LogP contribution in [0.3, 0.4) is 0 Å². The smallest absolute Gasteiger partial charge is 0.326 e. The number of H-pyrrole nitrogens is 1. The molecule has 0 aliphatic carbocycles. The lowest BCUT2D eigenvalue weighted by Gasteiger charge is -2.21. The molecule has 2 amide bonds. The topological polar surface area (TPSA) is 202 Å². The van der Waals surface area contributed by atoms with E-state index in [4.69, 9.17) is 17.2 Å². The van der Waals surface area contributed by atoms with Crippen molar-refractivity contribution in [2.75, 3.05) is 13.1 Å². The maximum absolute atomic E-state index is 13.0. The number of nitrogens with one attached hydrogen (secondary N) is 3. The second-order valence-corrected chi connectivity index (χ2v) is 7.42. The van der Waals surface area contributed by atoms with Crippen molar-refractivity contribution < 1.29 is 19.5 Å². The second kappa shape index (κ2) is 12.3. The van der Waals surface area contributed by atoms with Gasteiger partial charge in [-0.05, 0) is 37.4 Å². The SMILES string of the molecule is NCCCC(=O)N[C@@H](Cc1c[nH]c2ccccc12)C(=O)N[C@@H](CCCN=C(N)N)C(=O)O. The summed E-state index contributed by atoms with van der Waals surface area (Å²) < 4.78 is 0. The Morgan fingerprint density at radius 3 is 2.53 bits per heavy atom. The zero-order chi connectivity index (χ0) is 23.5. The third-order valence-corrected chi connectivity index (χ3v) is 4.92. The van der Waals surface area contributed by atoms with Crippen molar-refractivity contribution in [2.24, 2.45) is 22.2 Å². The monoisotopic (exact) mass is 445 g/mol. The highest BCUT2D eigenvalue weighted by Crippen LogP contribution is 2.19. The third kappa shape index (κ3) is 7.58. The minimum Gasteiger partial charge on any atom is -0.480 e. The number of nitrogens with two attached hydrogens (primary N) is 3. The van der Waals surface area contributed by atoms with Crippen LogP contribution in [0.5, 0.6) is 0 Å². The molecule has 0 aliphatic heterocycles. The molecule has 32 heavy (non-hydrogen) atoms. The quantitative estimate of drug-likeness (QED) is 0.123. The molecule has 0 radical (unpaired) electrons. The molecule has 11 nitrogen and oxygen atoms in total. The number of hydrogen-bond donors (Lipinski definition) is 7. The molecule has 2 rings (SSSR count). The summed E-state index contributed by atoms with van der Waals surface area (Å²) in [4.78, 5) is 43.9. The van der Waals surface area contributed by atoms with Gasteiger partial charge in [0, 0.05) is 36.5 Å². The first kappa shape index (κ1) is 24.7. The van der Waals surface area contributed by atoms with E-state index in [0.717, 1.165) is 16.5 Å². The van der Waals surface area contributed by atoms with Crippen molar-refractivity contribution >= 4 is 34.6 Å². The van der Waals surface area contributed by atoms with Gasteiger partial charge in [0.05, 0.1) is 0 Å². The van der Waals surface area contributed by atoms with Gasteiger partial charge in [-0.25, -0.2) is 4.79 Å². The minimum absolute atomic E-state index is 0.0834. The van der Waals surface area contributed by atoms with Gasteiger partial charge < -0.3 is 37.9 Å². The Hall–Kier alpha value is -3.60. The number of fused-ring (bicyclic) bond motifs is 1. The summed E-state index contributed by atoms with van der Waals surface area (Å²) in [7, 11) is 0. The first-order chi connectivity index (χ1) is 15.3. The molecule has 0 fully saturated rings. The van der Waals surface area contributed by atoms with Crippen LogP contribution in [0.2, 0.25) is 0 Å². The first-order valence-corrected chi connectivity index (χ1v) is 10.4. The fourth-order valence-electron chi connectivity index (χ4n) is 3.29. The number of hydrogen-bond acceptors (Lipinski definition) is 5. The fraction of sp³-hybridized carbons (Fsp3) is 0.429. The van der Waals surface area contributed by atoms with Crippen molar-refractivity contribution in [1.29, 1.82) is 0 Å². The minimum atomic E-state index is -1.18. The Bertz CT molecular complexity index is 953. The Morgan fingerprint density at radius 1 is 1.09 bits per heavy atom. The highest BCUT2D eigenvalue weighted by molar-refractivity contribution is 5.91. The molecule has 0 saturated heterocycles. The second-order valence-electron chi connectivity index (χ2n) is 7.42. The molecule has 0 bridgehead atoms. The number of aromatic nitrogens is 1. The summed E-state index contributed by atoms with van der Waals surface area (Å²) in [5.41, 5.74) is 17.7. The first-order valence-electron chi connectivity index (χ1n) is 10.4. The van der Waals surface area contributed by atoms with Crippen LogP contribution in [0.15, 0.2) is 35.5 Å². The summed E-state index contributed by atoms with van der Waals surface area (Å²) >= 11 is 0. The van der Waals surface area contributed by atoms with Crippen molar-refractivity contribution in [3.63, 3.8) is 0 Å². The van der Waals surface area contributed by atoms with E-state index in [9.17, 15) is 19.5 Å². The van der Waals surface area contributed by atoms with E-state index >= 15 is 0 Å². The Morgan fingerprint density at radius 2 is 1.84 bits per heavy atom. The fourth-order valence-corrected chi connectivity index (χ4v) is 3.29. The number of amides is 2. The summed E-state index contributed by atoms with van der Waals surface area (Å²) in [6.45, 7) is 0.597. The van der Waals surface area contributed by atoms with Crippen LogP contribution in [-0.4, -0.2) is 59.0 Å². The van der Waals surface area contributed by atoms with Crippen molar-refractivity contribution in [1.82, 2.24) is 15.6 Å². The van der Waals surface area contributed by atoms with E-state index < -0.39 is 24.0 Å². The number of para-hydroxylation sites is 1. The van der Waals surface area contributed by atoms with Gasteiger partial charge in [-0.2, -0.15) is 0 Å². The van der Waals surface area contributed by atoms with Gasteiger partial charge in [0.15, 0.2) is 5.96 Å². The van der Waals surface area contributed by atoms with Crippen LogP contribution in [0, 0.1) is 0 Å². The summed E-state index contributed by atoms with van der Waals surface area (Å²) in [6, 6.07) is 5.51. The standard InChI is InChI=1S/C21H31N7O4/c22-9-3-8-18(29)27-17(11-13-12-26-15-6-2-1-5-14(13)15)19(30)28-16(20(31)32)7-4-10-25-21(23)24/h1-2,5-6,12,16-17,26H,3-4,7-11,22H2,(H,27,29)(H,28,30)(H,31,32)(H4,23,24,25)/t16-,17-/m0/s1.